The molecule has 0 unspecified atom stereocenters. The first-order chi connectivity index (χ1) is 11.8. The van der Waals surface area contributed by atoms with Gasteiger partial charge in [0.2, 0.25) is 0 Å². The molecule has 0 saturated carbocycles. The van der Waals surface area contributed by atoms with Crippen molar-refractivity contribution >= 4 is 21.9 Å². The van der Waals surface area contributed by atoms with Crippen molar-refractivity contribution in [3.8, 4) is 0 Å². The van der Waals surface area contributed by atoms with Crippen LogP contribution in [-0.2, 0) is 15.4 Å². The van der Waals surface area contributed by atoms with Crippen LogP contribution in [0.3, 0.4) is 0 Å². The van der Waals surface area contributed by atoms with Crippen molar-refractivity contribution in [3.63, 3.8) is 0 Å². The maximum Gasteiger partial charge on any atom is 0.276 e. The van der Waals surface area contributed by atoms with Crippen molar-refractivity contribution in [2.75, 3.05) is 11.9 Å². The topological polar surface area (TPSA) is 61.8 Å². The van der Waals surface area contributed by atoms with Gasteiger partial charge in [0, 0.05) is 30.1 Å². The molecule has 1 N–H and O–H groups in total. The largest absolute Gasteiger partial charge is 0.347 e. The van der Waals surface area contributed by atoms with E-state index in [1.807, 2.05) is 25.3 Å². The van der Waals surface area contributed by atoms with Gasteiger partial charge in [0.15, 0.2) is 0 Å². The molecular weight excluding hydrogens is 334 g/mol. The molecule has 2 aromatic rings. The van der Waals surface area contributed by atoms with Crippen LogP contribution in [0, 0.1) is 0 Å². The Morgan fingerprint density at radius 3 is 2.36 bits per heavy atom. The summed E-state index contributed by atoms with van der Waals surface area (Å²) in [5.41, 5.74) is 3.27. The van der Waals surface area contributed by atoms with Crippen LogP contribution in [-0.4, -0.2) is 21.7 Å². The van der Waals surface area contributed by atoms with E-state index in [2.05, 4.69) is 40.8 Å². The lowest BCUT2D eigenvalue weighted by molar-refractivity contribution is 0.584. The van der Waals surface area contributed by atoms with Crippen molar-refractivity contribution in [1.82, 2.24) is 4.83 Å². The first kappa shape index (κ1) is 17.2. The van der Waals surface area contributed by atoms with Gasteiger partial charge in [-0.1, -0.05) is 50.2 Å². The molecule has 130 valence electrons. The number of para-hydroxylation sites is 1. The van der Waals surface area contributed by atoms with Crippen LogP contribution in [0.15, 0.2) is 76.4 Å². The normalized spacial score (nSPS) is 17.9. The summed E-state index contributed by atoms with van der Waals surface area (Å²) in [5, 5.41) is 3.88. The highest BCUT2D eigenvalue weighted by Crippen LogP contribution is 2.46. The molecule has 25 heavy (non-hydrogen) atoms. The summed E-state index contributed by atoms with van der Waals surface area (Å²) in [5.74, 6) is 0. The van der Waals surface area contributed by atoms with Gasteiger partial charge >= 0.3 is 0 Å². The fourth-order valence-corrected chi connectivity index (χ4v) is 3.98. The maximum absolute atomic E-state index is 12.1. The SMILES string of the molecule is CN1C(=CC=NNS(=O)(=O)c2ccccc2)C(C)(C)c2ccccc21. The van der Waals surface area contributed by atoms with E-state index in [4.69, 9.17) is 0 Å². The smallest absolute Gasteiger partial charge is 0.276 e. The van der Waals surface area contributed by atoms with Crippen LogP contribution >= 0.6 is 0 Å². The number of likely N-dealkylation sites (N-methyl/N-ethyl adjacent to an activating group) is 1. The van der Waals surface area contributed by atoms with Gasteiger partial charge in [-0.05, 0) is 29.8 Å². The molecule has 0 saturated heterocycles. The van der Waals surface area contributed by atoms with E-state index in [1.54, 1.807) is 18.2 Å². The van der Waals surface area contributed by atoms with E-state index < -0.39 is 10.0 Å². The summed E-state index contributed by atoms with van der Waals surface area (Å²) >= 11 is 0. The Hall–Kier alpha value is -2.60. The fraction of sp³-hybridized carbons (Fsp3) is 0.211. The minimum atomic E-state index is -3.64. The molecule has 3 rings (SSSR count). The molecule has 1 heterocycles. The van der Waals surface area contributed by atoms with Gasteiger partial charge in [-0.2, -0.15) is 13.5 Å². The molecule has 0 aromatic heterocycles. The lowest BCUT2D eigenvalue weighted by Crippen LogP contribution is -2.23. The van der Waals surface area contributed by atoms with E-state index in [0.29, 0.717) is 0 Å². The van der Waals surface area contributed by atoms with Crippen LogP contribution in [0.1, 0.15) is 19.4 Å². The highest BCUT2D eigenvalue weighted by atomic mass is 32.2. The first-order valence-electron chi connectivity index (χ1n) is 7.98. The zero-order valence-electron chi connectivity index (χ0n) is 14.5. The fourth-order valence-electron chi connectivity index (χ4n) is 3.16. The van der Waals surface area contributed by atoms with Gasteiger partial charge < -0.3 is 4.90 Å². The second kappa shape index (κ2) is 6.37. The molecule has 0 amide bonds. The number of hydrogen-bond donors (Lipinski definition) is 1. The average molecular weight is 355 g/mol. The van der Waals surface area contributed by atoms with E-state index in [1.165, 1.54) is 23.9 Å². The Balaban J connectivity index is 1.80. The predicted molar refractivity (Wildman–Crippen MR) is 101 cm³/mol. The lowest BCUT2D eigenvalue weighted by atomic mass is 9.84. The van der Waals surface area contributed by atoms with Crippen LogP contribution in [0.25, 0.3) is 0 Å². The van der Waals surface area contributed by atoms with E-state index in [-0.39, 0.29) is 10.3 Å². The molecule has 0 spiro atoms. The molecule has 0 radical (unpaired) electrons. The molecule has 1 aliphatic heterocycles. The molecular formula is C19H21N3O2S. The molecule has 0 bridgehead atoms. The number of anilines is 1. The highest BCUT2D eigenvalue weighted by Gasteiger charge is 2.37. The van der Waals surface area contributed by atoms with Gasteiger partial charge in [0.25, 0.3) is 10.0 Å². The Labute approximate surface area is 148 Å². The molecule has 6 heteroatoms. The van der Waals surface area contributed by atoms with Crippen LogP contribution in [0.4, 0.5) is 5.69 Å². The number of rotatable bonds is 4. The Morgan fingerprint density at radius 2 is 1.68 bits per heavy atom. The second-order valence-electron chi connectivity index (χ2n) is 6.44. The summed E-state index contributed by atoms with van der Waals surface area (Å²) in [6.07, 6.45) is 3.33. The quantitative estimate of drug-likeness (QED) is 0.676. The number of nitrogens with zero attached hydrogens (tertiary/aromatic N) is 2. The predicted octanol–water partition coefficient (Wildman–Crippen LogP) is 3.26. The Kier molecular flexibility index (Phi) is 4.39. The third kappa shape index (κ3) is 3.17. The number of nitrogens with one attached hydrogen (secondary N) is 1. The average Bonchev–Trinajstić information content (AvgIpc) is 2.80. The number of sulfonamides is 1. The van der Waals surface area contributed by atoms with Gasteiger partial charge in [-0.3, -0.25) is 0 Å². The van der Waals surface area contributed by atoms with Crippen molar-refractivity contribution in [2.24, 2.45) is 5.10 Å². The number of hydrazone groups is 1. The number of hydrogen-bond acceptors (Lipinski definition) is 4. The monoisotopic (exact) mass is 355 g/mol. The standard InChI is InChI=1S/C19H21N3O2S/c1-19(2)16-11-7-8-12-17(16)22(3)18(19)13-14-20-21-25(23,24)15-9-5-4-6-10-15/h4-14,21H,1-3H3. The van der Waals surface area contributed by atoms with E-state index >= 15 is 0 Å². The summed E-state index contributed by atoms with van der Waals surface area (Å²) in [4.78, 5) is 4.53. The molecule has 0 aliphatic carbocycles. The third-order valence-electron chi connectivity index (χ3n) is 4.47. The molecule has 2 aromatic carbocycles. The Bertz CT molecular complexity index is 932. The van der Waals surface area contributed by atoms with Crippen molar-refractivity contribution < 1.29 is 8.42 Å². The van der Waals surface area contributed by atoms with Gasteiger partial charge in [-0.15, -0.1) is 0 Å². The third-order valence-corrected chi connectivity index (χ3v) is 5.71. The number of allylic oxidation sites excluding steroid dienone is 2. The molecule has 0 atom stereocenters. The summed E-state index contributed by atoms with van der Waals surface area (Å²) < 4.78 is 24.3. The zero-order valence-corrected chi connectivity index (χ0v) is 15.3. The van der Waals surface area contributed by atoms with E-state index in [0.717, 1.165) is 11.4 Å². The van der Waals surface area contributed by atoms with Gasteiger partial charge in [0.1, 0.15) is 0 Å². The highest BCUT2D eigenvalue weighted by molar-refractivity contribution is 7.89. The Morgan fingerprint density at radius 1 is 1.04 bits per heavy atom. The summed E-state index contributed by atoms with van der Waals surface area (Å²) in [6, 6.07) is 16.4. The zero-order chi connectivity index (χ0) is 18.1. The van der Waals surface area contributed by atoms with Crippen molar-refractivity contribution in [2.45, 2.75) is 24.2 Å². The van der Waals surface area contributed by atoms with Crippen LogP contribution in [0.2, 0.25) is 0 Å². The minimum absolute atomic E-state index is 0.171. The van der Waals surface area contributed by atoms with Crippen molar-refractivity contribution in [3.05, 3.63) is 71.9 Å². The van der Waals surface area contributed by atoms with Crippen LogP contribution in [0.5, 0.6) is 0 Å². The number of benzene rings is 2. The lowest BCUT2D eigenvalue weighted by Gasteiger charge is -2.23. The minimum Gasteiger partial charge on any atom is -0.347 e. The first-order valence-corrected chi connectivity index (χ1v) is 9.46. The second-order valence-corrected chi connectivity index (χ2v) is 8.10. The van der Waals surface area contributed by atoms with Gasteiger partial charge in [0.05, 0.1) is 4.90 Å². The van der Waals surface area contributed by atoms with Crippen LogP contribution < -0.4 is 9.73 Å². The molecule has 1 aliphatic rings. The van der Waals surface area contributed by atoms with Gasteiger partial charge in [-0.25, -0.2) is 4.83 Å². The summed E-state index contributed by atoms with van der Waals surface area (Å²) in [6.45, 7) is 4.28. The van der Waals surface area contributed by atoms with E-state index in [9.17, 15) is 8.42 Å². The number of fused-ring (bicyclic) bond motifs is 1. The maximum atomic E-state index is 12.1. The molecule has 0 fully saturated rings. The summed E-state index contributed by atoms with van der Waals surface area (Å²) in [7, 11) is -1.64. The molecule has 5 nitrogen and oxygen atoms in total. The van der Waals surface area contributed by atoms with Crippen molar-refractivity contribution in [1.29, 1.82) is 0 Å².